The van der Waals surface area contributed by atoms with E-state index >= 15 is 0 Å². The lowest BCUT2D eigenvalue weighted by molar-refractivity contribution is 0.273. The number of aromatic amines is 1. The largest absolute Gasteiger partial charge is 0.358 e. The van der Waals surface area contributed by atoms with Crippen LogP contribution in [0.5, 0.6) is 0 Å². The van der Waals surface area contributed by atoms with Crippen LogP contribution in [0.15, 0.2) is 40.6 Å². The van der Waals surface area contributed by atoms with Crippen molar-refractivity contribution in [1.82, 2.24) is 9.29 Å². The van der Waals surface area contributed by atoms with Crippen molar-refractivity contribution in [2.45, 2.75) is 37.3 Å². The Labute approximate surface area is 158 Å². The van der Waals surface area contributed by atoms with E-state index in [1.807, 2.05) is 13.0 Å². The monoisotopic (exact) mass is 388 g/mol. The highest BCUT2D eigenvalue weighted by Crippen LogP contribution is 2.31. The van der Waals surface area contributed by atoms with E-state index in [2.05, 4.69) is 36.2 Å². The predicted molar refractivity (Wildman–Crippen MR) is 107 cm³/mol. The van der Waals surface area contributed by atoms with E-state index in [1.54, 1.807) is 10.4 Å². The van der Waals surface area contributed by atoms with Crippen LogP contribution in [0.25, 0.3) is 10.9 Å². The lowest BCUT2D eigenvalue weighted by atomic mass is 9.90. The summed E-state index contributed by atoms with van der Waals surface area (Å²) in [6.45, 7) is 5.31. The summed E-state index contributed by atoms with van der Waals surface area (Å²) in [7, 11) is -3.32. The second-order valence-corrected chi connectivity index (χ2v) is 10.6. The van der Waals surface area contributed by atoms with Crippen LogP contribution in [0.3, 0.4) is 0 Å². The van der Waals surface area contributed by atoms with Crippen molar-refractivity contribution < 1.29 is 8.42 Å². The number of hydrogen-bond donors (Lipinski definition) is 1. The quantitative estimate of drug-likeness (QED) is 0.716. The minimum Gasteiger partial charge on any atom is -0.358 e. The molecule has 4 rings (SSSR count). The van der Waals surface area contributed by atoms with Crippen LogP contribution in [-0.2, 0) is 16.4 Å². The minimum atomic E-state index is -3.32. The van der Waals surface area contributed by atoms with Gasteiger partial charge in [0.1, 0.15) is 4.21 Å². The van der Waals surface area contributed by atoms with Crippen LogP contribution in [0, 0.1) is 19.8 Å². The van der Waals surface area contributed by atoms with E-state index in [-0.39, 0.29) is 0 Å². The fourth-order valence-corrected chi connectivity index (χ4v) is 6.83. The molecule has 0 aliphatic carbocycles. The third-order valence-electron chi connectivity index (χ3n) is 5.40. The molecule has 1 N–H and O–H groups in total. The first-order valence-corrected chi connectivity index (χ1v) is 11.3. The van der Waals surface area contributed by atoms with Crippen LogP contribution >= 0.6 is 11.3 Å². The highest BCUT2D eigenvalue weighted by Gasteiger charge is 2.30. The normalized spacial score (nSPS) is 17.2. The molecule has 1 saturated heterocycles. The van der Waals surface area contributed by atoms with Crippen LogP contribution in [0.4, 0.5) is 0 Å². The van der Waals surface area contributed by atoms with E-state index < -0.39 is 10.0 Å². The molecule has 0 atom stereocenters. The number of rotatable bonds is 4. The minimum absolute atomic E-state index is 0.473. The summed E-state index contributed by atoms with van der Waals surface area (Å²) in [6, 6.07) is 12.0. The number of nitrogens with one attached hydrogen (secondary N) is 1. The maximum atomic E-state index is 12.8. The van der Waals surface area contributed by atoms with Gasteiger partial charge in [-0.25, -0.2) is 8.42 Å². The molecule has 1 aliphatic rings. The summed E-state index contributed by atoms with van der Waals surface area (Å²) < 4.78 is 27.7. The fourth-order valence-electron chi connectivity index (χ4n) is 3.92. The van der Waals surface area contributed by atoms with E-state index in [1.165, 1.54) is 33.5 Å². The Kier molecular flexibility index (Phi) is 4.67. The standard InChI is InChI=1S/C20H24N2O2S2/c1-14-7-8-20(25-14)26(23,24)22-11-9-16(10-12-22)13-18-15(2)21-19-6-4-3-5-17(18)19/h3-8,16,21H,9-13H2,1-2H3. The molecule has 3 heterocycles. The summed E-state index contributed by atoms with van der Waals surface area (Å²) in [4.78, 5) is 4.50. The average Bonchev–Trinajstić information content (AvgIpc) is 3.20. The van der Waals surface area contributed by atoms with Crippen LogP contribution < -0.4 is 0 Å². The molecule has 0 unspecified atom stereocenters. The number of aromatic nitrogens is 1. The summed E-state index contributed by atoms with van der Waals surface area (Å²) in [5.41, 5.74) is 3.80. The van der Waals surface area contributed by atoms with Gasteiger partial charge in [0.2, 0.25) is 0 Å². The molecule has 0 amide bonds. The van der Waals surface area contributed by atoms with Crippen molar-refractivity contribution in [3.8, 4) is 0 Å². The average molecular weight is 389 g/mol. The topological polar surface area (TPSA) is 53.2 Å². The van der Waals surface area contributed by atoms with Gasteiger partial charge in [-0.2, -0.15) is 4.31 Å². The third kappa shape index (κ3) is 3.21. The van der Waals surface area contributed by atoms with E-state index in [0.717, 1.165) is 24.1 Å². The van der Waals surface area contributed by atoms with Crippen LogP contribution in [-0.4, -0.2) is 30.8 Å². The number of fused-ring (bicyclic) bond motifs is 1. The molecule has 1 aromatic carbocycles. The Morgan fingerprint density at radius 2 is 1.85 bits per heavy atom. The highest BCUT2D eigenvalue weighted by atomic mass is 32.2. The van der Waals surface area contributed by atoms with Gasteiger partial charge in [0, 0.05) is 34.6 Å². The molecule has 3 aromatic rings. The SMILES string of the molecule is Cc1ccc(S(=O)(=O)N2CCC(Cc3c(C)[nH]c4ccccc34)CC2)s1. The molecule has 26 heavy (non-hydrogen) atoms. The van der Waals surface area contributed by atoms with Gasteiger partial charge >= 0.3 is 0 Å². The van der Waals surface area contributed by atoms with Crippen molar-refractivity contribution in [2.75, 3.05) is 13.1 Å². The smallest absolute Gasteiger partial charge is 0.252 e. The number of thiophene rings is 1. The van der Waals surface area contributed by atoms with Gasteiger partial charge in [-0.3, -0.25) is 0 Å². The molecular formula is C20H24N2O2S2. The molecule has 138 valence electrons. The zero-order valence-electron chi connectivity index (χ0n) is 15.2. The van der Waals surface area contributed by atoms with Crippen molar-refractivity contribution in [3.63, 3.8) is 0 Å². The van der Waals surface area contributed by atoms with Crippen molar-refractivity contribution >= 4 is 32.3 Å². The van der Waals surface area contributed by atoms with Crippen molar-refractivity contribution in [3.05, 3.63) is 52.5 Å². The first-order valence-electron chi connectivity index (χ1n) is 9.08. The maximum absolute atomic E-state index is 12.8. The molecule has 0 saturated carbocycles. The third-order valence-corrected chi connectivity index (χ3v) is 8.77. The van der Waals surface area contributed by atoms with Crippen LogP contribution in [0.1, 0.15) is 29.0 Å². The van der Waals surface area contributed by atoms with Gasteiger partial charge in [0.15, 0.2) is 0 Å². The molecule has 0 radical (unpaired) electrons. The Hall–Kier alpha value is -1.63. The van der Waals surface area contributed by atoms with E-state index in [9.17, 15) is 8.42 Å². The molecular weight excluding hydrogens is 364 g/mol. The van der Waals surface area contributed by atoms with Gasteiger partial charge in [0.25, 0.3) is 10.0 Å². The Balaban J connectivity index is 1.46. The zero-order valence-corrected chi connectivity index (χ0v) is 16.8. The van der Waals surface area contributed by atoms with Crippen molar-refractivity contribution in [1.29, 1.82) is 0 Å². The van der Waals surface area contributed by atoms with Gasteiger partial charge in [0.05, 0.1) is 0 Å². The van der Waals surface area contributed by atoms with E-state index in [4.69, 9.17) is 0 Å². The molecule has 0 bridgehead atoms. The summed E-state index contributed by atoms with van der Waals surface area (Å²) in [5, 5.41) is 1.30. The van der Waals surface area contributed by atoms with E-state index in [0.29, 0.717) is 23.2 Å². The Morgan fingerprint density at radius 3 is 2.54 bits per heavy atom. The molecule has 4 nitrogen and oxygen atoms in total. The lowest BCUT2D eigenvalue weighted by Crippen LogP contribution is -2.38. The number of para-hydroxylation sites is 1. The number of piperidine rings is 1. The molecule has 6 heteroatoms. The first-order chi connectivity index (χ1) is 12.4. The number of aryl methyl sites for hydroxylation is 2. The van der Waals surface area contributed by atoms with Gasteiger partial charge in [-0.15, -0.1) is 11.3 Å². The predicted octanol–water partition coefficient (Wildman–Crippen LogP) is 4.49. The van der Waals surface area contributed by atoms with Gasteiger partial charge < -0.3 is 4.98 Å². The Morgan fingerprint density at radius 1 is 1.12 bits per heavy atom. The highest BCUT2D eigenvalue weighted by molar-refractivity contribution is 7.91. The number of sulfonamides is 1. The molecule has 1 aliphatic heterocycles. The first kappa shape index (κ1) is 17.8. The van der Waals surface area contributed by atoms with Gasteiger partial charge in [-0.1, -0.05) is 18.2 Å². The summed E-state index contributed by atoms with van der Waals surface area (Å²) in [5.74, 6) is 0.532. The van der Waals surface area contributed by atoms with Crippen LogP contribution in [0.2, 0.25) is 0 Å². The summed E-state index contributed by atoms with van der Waals surface area (Å²) in [6.07, 6.45) is 2.85. The lowest BCUT2D eigenvalue weighted by Gasteiger charge is -2.31. The molecule has 2 aromatic heterocycles. The Bertz CT molecular complexity index is 1030. The fraction of sp³-hybridized carbons (Fsp3) is 0.400. The zero-order chi connectivity index (χ0) is 18.3. The second-order valence-electron chi connectivity index (χ2n) is 7.19. The number of hydrogen-bond acceptors (Lipinski definition) is 3. The number of benzene rings is 1. The molecule has 1 fully saturated rings. The number of nitrogens with zero attached hydrogens (tertiary/aromatic N) is 1. The van der Waals surface area contributed by atoms with Gasteiger partial charge in [-0.05, 0) is 62.8 Å². The summed E-state index contributed by atoms with van der Waals surface area (Å²) >= 11 is 1.36. The molecule has 0 spiro atoms. The maximum Gasteiger partial charge on any atom is 0.252 e. The second kappa shape index (κ2) is 6.83. The van der Waals surface area contributed by atoms with Crippen molar-refractivity contribution in [2.24, 2.45) is 5.92 Å². The number of H-pyrrole nitrogens is 1.